The molecule has 0 spiro atoms. The lowest BCUT2D eigenvalue weighted by Crippen LogP contribution is -1.98. The highest BCUT2D eigenvalue weighted by Gasteiger charge is 2.13. The summed E-state index contributed by atoms with van der Waals surface area (Å²) in [5.41, 5.74) is 0.764. The predicted molar refractivity (Wildman–Crippen MR) is 48.2 cm³/mol. The van der Waals surface area contributed by atoms with Gasteiger partial charge >= 0.3 is 0 Å². The fourth-order valence-electron chi connectivity index (χ4n) is 0.919. The zero-order valence-electron chi connectivity index (χ0n) is 6.91. The maximum atomic E-state index is 13.0. The van der Waals surface area contributed by atoms with E-state index in [0.29, 0.717) is 0 Å². The van der Waals surface area contributed by atoms with Crippen LogP contribution in [0.1, 0.15) is 5.56 Å². The molecule has 0 heterocycles. The molecule has 2 N–H and O–H groups in total. The van der Waals surface area contributed by atoms with Crippen molar-refractivity contribution >= 4 is 10.6 Å². The SMILES string of the molecule is Cc1ccc(S(C)(O)O)c(F)c1. The van der Waals surface area contributed by atoms with E-state index in [1.807, 2.05) is 0 Å². The Morgan fingerprint density at radius 2 is 1.92 bits per heavy atom. The van der Waals surface area contributed by atoms with Gasteiger partial charge in [0.15, 0.2) is 0 Å². The van der Waals surface area contributed by atoms with Crippen LogP contribution in [0.4, 0.5) is 4.39 Å². The molecule has 0 amide bonds. The van der Waals surface area contributed by atoms with E-state index in [1.165, 1.54) is 18.4 Å². The maximum absolute atomic E-state index is 13.0. The van der Waals surface area contributed by atoms with Gasteiger partial charge in [-0.15, -0.1) is 0 Å². The molecule has 1 aromatic rings. The summed E-state index contributed by atoms with van der Waals surface area (Å²) in [5, 5.41) is 0. The van der Waals surface area contributed by atoms with E-state index in [1.54, 1.807) is 13.0 Å². The molecule has 0 radical (unpaired) electrons. The third-order valence-corrected chi connectivity index (χ3v) is 2.67. The Morgan fingerprint density at radius 1 is 1.33 bits per heavy atom. The van der Waals surface area contributed by atoms with E-state index in [4.69, 9.17) is 9.11 Å². The topological polar surface area (TPSA) is 40.5 Å². The molecule has 0 aromatic heterocycles. The standard InChI is InChI=1S/C8H11FO2S/c1-6-3-4-8(7(9)5-6)12(2,10)11/h3-5,10-11H,1-2H3. The van der Waals surface area contributed by atoms with Crippen molar-refractivity contribution in [1.29, 1.82) is 0 Å². The van der Waals surface area contributed by atoms with Crippen molar-refractivity contribution in [2.45, 2.75) is 11.8 Å². The van der Waals surface area contributed by atoms with E-state index in [0.717, 1.165) is 5.56 Å². The molecule has 0 unspecified atom stereocenters. The Hall–Kier alpha value is -0.580. The zero-order valence-corrected chi connectivity index (χ0v) is 7.73. The first-order valence-corrected chi connectivity index (χ1v) is 5.36. The molecular formula is C8H11FO2S. The number of hydrogen-bond acceptors (Lipinski definition) is 2. The molecule has 1 aromatic carbocycles. The molecule has 0 saturated carbocycles. The Labute approximate surface area is 72.4 Å². The quantitative estimate of drug-likeness (QED) is 0.714. The van der Waals surface area contributed by atoms with Crippen LogP contribution < -0.4 is 0 Å². The van der Waals surface area contributed by atoms with Crippen molar-refractivity contribution in [3.63, 3.8) is 0 Å². The van der Waals surface area contributed by atoms with Gasteiger partial charge in [-0.1, -0.05) is 6.07 Å². The molecule has 0 bridgehead atoms. The predicted octanol–water partition coefficient (Wildman–Crippen LogP) is 2.87. The molecule has 0 aliphatic rings. The van der Waals surface area contributed by atoms with Crippen molar-refractivity contribution < 1.29 is 13.5 Å². The number of aryl methyl sites for hydroxylation is 1. The van der Waals surface area contributed by atoms with Crippen molar-refractivity contribution in [2.24, 2.45) is 0 Å². The van der Waals surface area contributed by atoms with Crippen LogP contribution in [-0.2, 0) is 0 Å². The van der Waals surface area contributed by atoms with Gasteiger partial charge in [0.25, 0.3) is 0 Å². The van der Waals surface area contributed by atoms with Gasteiger partial charge in [-0.25, -0.2) is 4.39 Å². The highest BCUT2D eigenvalue weighted by atomic mass is 32.3. The largest absolute Gasteiger partial charge is 0.295 e. The second kappa shape index (κ2) is 3.05. The van der Waals surface area contributed by atoms with Gasteiger partial charge in [0.2, 0.25) is 0 Å². The molecule has 0 saturated heterocycles. The van der Waals surface area contributed by atoms with Gasteiger partial charge < -0.3 is 0 Å². The van der Waals surface area contributed by atoms with Gasteiger partial charge in [0.05, 0.1) is 4.90 Å². The minimum absolute atomic E-state index is 0.0203. The summed E-state index contributed by atoms with van der Waals surface area (Å²) in [7, 11) is -2.93. The van der Waals surface area contributed by atoms with Crippen LogP contribution in [0.2, 0.25) is 0 Å². The number of rotatable bonds is 1. The van der Waals surface area contributed by atoms with Crippen molar-refractivity contribution in [3.05, 3.63) is 29.6 Å². The van der Waals surface area contributed by atoms with E-state index < -0.39 is 16.4 Å². The highest BCUT2D eigenvalue weighted by molar-refractivity contribution is 8.23. The summed E-state index contributed by atoms with van der Waals surface area (Å²) in [6, 6.07) is 4.34. The summed E-state index contributed by atoms with van der Waals surface area (Å²) in [4.78, 5) is -0.0203. The van der Waals surface area contributed by atoms with E-state index >= 15 is 0 Å². The van der Waals surface area contributed by atoms with Gasteiger partial charge in [0.1, 0.15) is 5.82 Å². The summed E-state index contributed by atoms with van der Waals surface area (Å²) in [6.45, 7) is 1.74. The maximum Gasteiger partial charge on any atom is 0.146 e. The third kappa shape index (κ3) is 1.97. The van der Waals surface area contributed by atoms with Gasteiger partial charge in [0, 0.05) is 6.26 Å². The first kappa shape index (κ1) is 9.51. The molecule has 4 heteroatoms. The van der Waals surface area contributed by atoms with Gasteiger partial charge in [-0.3, -0.25) is 9.11 Å². The summed E-state index contributed by atoms with van der Waals surface area (Å²) in [5.74, 6) is -0.558. The molecule has 0 atom stereocenters. The fourth-order valence-corrected chi connectivity index (χ4v) is 1.67. The molecule has 68 valence electrons. The van der Waals surface area contributed by atoms with Crippen LogP contribution in [0.3, 0.4) is 0 Å². The average molecular weight is 190 g/mol. The molecule has 12 heavy (non-hydrogen) atoms. The number of halogens is 1. The van der Waals surface area contributed by atoms with Crippen molar-refractivity contribution in [3.8, 4) is 0 Å². The van der Waals surface area contributed by atoms with Crippen LogP contribution in [0.15, 0.2) is 23.1 Å². The fraction of sp³-hybridized carbons (Fsp3) is 0.250. The third-order valence-electron chi connectivity index (χ3n) is 1.50. The van der Waals surface area contributed by atoms with E-state index in [2.05, 4.69) is 0 Å². The van der Waals surface area contributed by atoms with E-state index in [9.17, 15) is 4.39 Å². The second-order valence-electron chi connectivity index (χ2n) is 2.77. The lowest BCUT2D eigenvalue weighted by atomic mass is 10.2. The molecular weight excluding hydrogens is 179 g/mol. The lowest BCUT2D eigenvalue weighted by molar-refractivity contribution is 0.483. The van der Waals surface area contributed by atoms with Crippen molar-refractivity contribution in [2.75, 3.05) is 6.26 Å². The lowest BCUT2D eigenvalue weighted by Gasteiger charge is -2.27. The zero-order chi connectivity index (χ0) is 9.35. The summed E-state index contributed by atoms with van der Waals surface area (Å²) < 4.78 is 31.4. The van der Waals surface area contributed by atoms with Gasteiger partial charge in [-0.2, -0.15) is 10.6 Å². The smallest absolute Gasteiger partial charge is 0.146 e. The molecule has 1 rings (SSSR count). The Morgan fingerprint density at radius 3 is 2.33 bits per heavy atom. The Balaban J connectivity index is 3.19. The van der Waals surface area contributed by atoms with Crippen LogP contribution in [0.5, 0.6) is 0 Å². The van der Waals surface area contributed by atoms with E-state index in [-0.39, 0.29) is 4.90 Å². The monoisotopic (exact) mass is 190 g/mol. The minimum atomic E-state index is -2.93. The highest BCUT2D eigenvalue weighted by Crippen LogP contribution is 2.45. The first-order chi connectivity index (χ1) is 5.41. The van der Waals surface area contributed by atoms with Crippen LogP contribution in [0.25, 0.3) is 0 Å². The normalized spacial score (nSPS) is 13.1. The first-order valence-electron chi connectivity index (χ1n) is 3.40. The minimum Gasteiger partial charge on any atom is -0.295 e. The van der Waals surface area contributed by atoms with Crippen LogP contribution in [0, 0.1) is 12.7 Å². The van der Waals surface area contributed by atoms with Crippen molar-refractivity contribution in [1.82, 2.24) is 0 Å². The average Bonchev–Trinajstić information content (AvgIpc) is 1.83. The number of benzene rings is 1. The Kier molecular flexibility index (Phi) is 2.41. The molecule has 0 fully saturated rings. The van der Waals surface area contributed by atoms with Crippen LogP contribution in [-0.4, -0.2) is 15.4 Å². The Bertz CT molecular complexity index is 294. The number of hydrogen-bond donors (Lipinski definition) is 2. The summed E-state index contributed by atoms with van der Waals surface area (Å²) in [6.07, 6.45) is 1.21. The van der Waals surface area contributed by atoms with Gasteiger partial charge in [-0.05, 0) is 24.6 Å². The molecule has 2 nitrogen and oxygen atoms in total. The van der Waals surface area contributed by atoms with Crippen LogP contribution >= 0.6 is 10.6 Å². The molecule has 0 aliphatic carbocycles. The molecule has 0 aliphatic heterocycles. The second-order valence-corrected chi connectivity index (χ2v) is 4.87. The summed E-state index contributed by atoms with van der Waals surface area (Å²) >= 11 is 0.